The Hall–Kier alpha value is -2.18. The van der Waals surface area contributed by atoms with Gasteiger partial charge in [0.15, 0.2) is 5.78 Å². The van der Waals surface area contributed by atoms with Gasteiger partial charge in [0.2, 0.25) is 10.0 Å². The number of hydrogen-bond acceptors (Lipinski definition) is 4. The minimum Gasteiger partial charge on any atom is -0.497 e. The van der Waals surface area contributed by atoms with Crippen molar-refractivity contribution in [3.63, 3.8) is 0 Å². The van der Waals surface area contributed by atoms with Crippen LogP contribution in [0, 0.1) is 0 Å². The van der Waals surface area contributed by atoms with Gasteiger partial charge in [0.25, 0.3) is 0 Å². The Balaban J connectivity index is 2.07. The fraction of sp³-hybridized carbons (Fsp3) is 0.133. The second-order valence-electron chi connectivity index (χ2n) is 4.29. The van der Waals surface area contributed by atoms with Gasteiger partial charge < -0.3 is 4.74 Å². The summed E-state index contributed by atoms with van der Waals surface area (Å²) in [4.78, 5) is 12.1. The van der Waals surface area contributed by atoms with Gasteiger partial charge in [0.1, 0.15) is 5.75 Å². The molecule has 1 N–H and O–H groups in total. The fourth-order valence-corrected chi connectivity index (χ4v) is 2.75. The molecule has 2 aromatic rings. The molecule has 0 amide bonds. The molecule has 0 bridgehead atoms. The van der Waals surface area contributed by atoms with E-state index in [0.717, 1.165) is 0 Å². The van der Waals surface area contributed by atoms with Gasteiger partial charge in [-0.3, -0.25) is 4.79 Å². The molecule has 0 saturated heterocycles. The van der Waals surface area contributed by atoms with Crippen molar-refractivity contribution in [2.45, 2.75) is 4.90 Å². The van der Waals surface area contributed by atoms with E-state index in [0.29, 0.717) is 11.3 Å². The normalized spacial score (nSPS) is 11.1. The number of benzene rings is 2. The zero-order chi connectivity index (χ0) is 15.3. The lowest BCUT2D eigenvalue weighted by molar-refractivity contribution is 0.0996. The molecule has 0 aliphatic rings. The van der Waals surface area contributed by atoms with Gasteiger partial charge in [-0.15, -0.1) is 0 Å². The average molecular weight is 305 g/mol. The van der Waals surface area contributed by atoms with E-state index in [-0.39, 0.29) is 17.2 Å². The van der Waals surface area contributed by atoms with Gasteiger partial charge in [-0.1, -0.05) is 30.3 Å². The number of methoxy groups -OCH3 is 1. The standard InChI is InChI=1S/C15H15NO4S/c1-20-13-7-5-6-12(10-13)15(17)11-16-21(18,19)14-8-3-2-4-9-14/h2-10,16H,11H2,1H3. The second-order valence-corrected chi connectivity index (χ2v) is 6.06. The van der Waals surface area contributed by atoms with Gasteiger partial charge in [-0.05, 0) is 24.3 Å². The predicted molar refractivity (Wildman–Crippen MR) is 79.0 cm³/mol. The van der Waals surface area contributed by atoms with E-state index >= 15 is 0 Å². The lowest BCUT2D eigenvalue weighted by Gasteiger charge is -2.07. The van der Waals surface area contributed by atoms with E-state index in [1.54, 1.807) is 42.5 Å². The van der Waals surface area contributed by atoms with Crippen LogP contribution in [0.1, 0.15) is 10.4 Å². The van der Waals surface area contributed by atoms with Crippen LogP contribution in [0.2, 0.25) is 0 Å². The molecule has 0 saturated carbocycles. The summed E-state index contributed by atoms with van der Waals surface area (Å²) in [7, 11) is -2.18. The SMILES string of the molecule is COc1cccc(C(=O)CNS(=O)(=O)c2ccccc2)c1. The first-order valence-electron chi connectivity index (χ1n) is 6.25. The maximum Gasteiger partial charge on any atom is 0.240 e. The second kappa shape index (κ2) is 6.51. The first-order chi connectivity index (χ1) is 10.0. The minimum absolute atomic E-state index is 0.128. The molecule has 2 rings (SSSR count). The molecule has 5 nitrogen and oxygen atoms in total. The van der Waals surface area contributed by atoms with Crippen molar-refractivity contribution in [1.82, 2.24) is 4.72 Å². The Labute approximate surface area is 123 Å². The van der Waals surface area contributed by atoms with Gasteiger partial charge in [-0.25, -0.2) is 13.1 Å². The summed E-state index contributed by atoms with van der Waals surface area (Å²) in [5, 5.41) is 0. The zero-order valence-electron chi connectivity index (χ0n) is 11.4. The largest absolute Gasteiger partial charge is 0.497 e. The molecular formula is C15H15NO4S. The topological polar surface area (TPSA) is 72.5 Å². The molecule has 21 heavy (non-hydrogen) atoms. The number of rotatable bonds is 6. The van der Waals surface area contributed by atoms with Crippen LogP contribution in [-0.4, -0.2) is 27.9 Å². The molecular weight excluding hydrogens is 290 g/mol. The summed E-state index contributed by atoms with van der Waals surface area (Å²) in [6.45, 7) is -0.301. The van der Waals surface area contributed by atoms with Gasteiger partial charge in [-0.2, -0.15) is 0 Å². The van der Waals surface area contributed by atoms with Crippen molar-refractivity contribution in [2.75, 3.05) is 13.7 Å². The number of Topliss-reactive ketones (excluding diaryl/α,β-unsaturated/α-hetero) is 1. The summed E-state index contributed by atoms with van der Waals surface area (Å²) in [6, 6.07) is 14.5. The number of ether oxygens (including phenoxy) is 1. The number of ketones is 1. The summed E-state index contributed by atoms with van der Waals surface area (Å²) in [5.41, 5.74) is 0.394. The van der Waals surface area contributed by atoms with Crippen molar-refractivity contribution in [2.24, 2.45) is 0 Å². The molecule has 0 fully saturated rings. The van der Waals surface area contributed by atoms with Crippen LogP contribution in [-0.2, 0) is 10.0 Å². The van der Waals surface area contributed by atoms with Crippen LogP contribution >= 0.6 is 0 Å². The van der Waals surface area contributed by atoms with Crippen LogP contribution in [0.3, 0.4) is 0 Å². The first kappa shape index (κ1) is 15.2. The zero-order valence-corrected chi connectivity index (χ0v) is 12.3. The Kier molecular flexibility index (Phi) is 4.72. The first-order valence-corrected chi connectivity index (χ1v) is 7.73. The van der Waals surface area contributed by atoms with E-state index in [1.807, 2.05) is 0 Å². The highest BCUT2D eigenvalue weighted by Crippen LogP contribution is 2.13. The van der Waals surface area contributed by atoms with Crippen molar-refractivity contribution >= 4 is 15.8 Å². The van der Waals surface area contributed by atoms with E-state index in [4.69, 9.17) is 4.74 Å². The minimum atomic E-state index is -3.68. The lowest BCUT2D eigenvalue weighted by Crippen LogP contribution is -2.29. The number of carbonyl (C=O) groups excluding carboxylic acids is 1. The molecule has 0 spiro atoms. The smallest absolute Gasteiger partial charge is 0.240 e. The van der Waals surface area contributed by atoms with Crippen molar-refractivity contribution < 1.29 is 17.9 Å². The Morgan fingerprint density at radius 3 is 2.48 bits per heavy atom. The third kappa shape index (κ3) is 3.90. The van der Waals surface area contributed by atoms with Crippen LogP contribution < -0.4 is 9.46 Å². The molecule has 0 atom stereocenters. The third-order valence-corrected chi connectivity index (χ3v) is 4.29. The summed E-state index contributed by atoms with van der Waals surface area (Å²) in [5.74, 6) is 0.222. The van der Waals surface area contributed by atoms with E-state index in [9.17, 15) is 13.2 Å². The summed E-state index contributed by atoms with van der Waals surface area (Å²) >= 11 is 0. The number of hydrogen-bond donors (Lipinski definition) is 1. The van der Waals surface area contributed by atoms with E-state index < -0.39 is 10.0 Å². The van der Waals surface area contributed by atoms with E-state index in [2.05, 4.69) is 4.72 Å². The van der Waals surface area contributed by atoms with Crippen molar-refractivity contribution in [3.05, 3.63) is 60.2 Å². The summed E-state index contributed by atoms with van der Waals surface area (Å²) < 4.78 is 31.3. The molecule has 2 aromatic carbocycles. The Morgan fingerprint density at radius 1 is 1.10 bits per heavy atom. The molecule has 0 radical (unpaired) electrons. The maximum atomic E-state index is 12.0. The molecule has 0 heterocycles. The number of sulfonamides is 1. The third-order valence-electron chi connectivity index (χ3n) is 2.87. The molecule has 0 aromatic heterocycles. The van der Waals surface area contributed by atoms with Gasteiger partial charge in [0.05, 0.1) is 18.6 Å². The Bertz CT molecular complexity index is 726. The van der Waals surface area contributed by atoms with Crippen LogP contribution in [0.15, 0.2) is 59.5 Å². The monoisotopic (exact) mass is 305 g/mol. The van der Waals surface area contributed by atoms with Crippen LogP contribution in [0.5, 0.6) is 5.75 Å². The molecule has 0 unspecified atom stereocenters. The quantitative estimate of drug-likeness (QED) is 0.827. The van der Waals surface area contributed by atoms with E-state index in [1.165, 1.54) is 19.2 Å². The molecule has 0 aliphatic carbocycles. The Morgan fingerprint density at radius 2 is 1.81 bits per heavy atom. The molecule has 0 aliphatic heterocycles. The van der Waals surface area contributed by atoms with Crippen molar-refractivity contribution in [3.8, 4) is 5.75 Å². The number of carbonyl (C=O) groups is 1. The lowest BCUT2D eigenvalue weighted by atomic mass is 10.1. The van der Waals surface area contributed by atoms with Crippen LogP contribution in [0.4, 0.5) is 0 Å². The fourth-order valence-electron chi connectivity index (χ4n) is 1.74. The molecule has 6 heteroatoms. The highest BCUT2D eigenvalue weighted by Gasteiger charge is 2.15. The van der Waals surface area contributed by atoms with Crippen LogP contribution in [0.25, 0.3) is 0 Å². The van der Waals surface area contributed by atoms with Crippen molar-refractivity contribution in [1.29, 1.82) is 0 Å². The van der Waals surface area contributed by atoms with Gasteiger partial charge >= 0.3 is 0 Å². The summed E-state index contributed by atoms with van der Waals surface area (Å²) in [6.07, 6.45) is 0. The highest BCUT2D eigenvalue weighted by atomic mass is 32.2. The average Bonchev–Trinajstić information content (AvgIpc) is 2.53. The maximum absolute atomic E-state index is 12.0. The van der Waals surface area contributed by atoms with Gasteiger partial charge in [0, 0.05) is 5.56 Å². The highest BCUT2D eigenvalue weighted by molar-refractivity contribution is 7.89. The molecule has 110 valence electrons. The predicted octanol–water partition coefficient (Wildman–Crippen LogP) is 1.86. The number of nitrogens with one attached hydrogen (secondary N) is 1.